The van der Waals surface area contributed by atoms with Crippen molar-refractivity contribution in [3.8, 4) is 0 Å². The summed E-state index contributed by atoms with van der Waals surface area (Å²) < 4.78 is 16.8. The van der Waals surface area contributed by atoms with E-state index in [9.17, 15) is 14.4 Å². The monoisotopic (exact) mass is 973 g/mol. The highest BCUT2D eigenvalue weighted by molar-refractivity contribution is 5.71. The molecule has 0 aliphatic carbocycles. The van der Waals surface area contributed by atoms with Crippen LogP contribution in [0.4, 0.5) is 0 Å². The summed E-state index contributed by atoms with van der Waals surface area (Å²) in [5.41, 5.74) is 0. The zero-order valence-electron chi connectivity index (χ0n) is 45.8. The summed E-state index contributed by atoms with van der Waals surface area (Å²) in [4.78, 5) is 38.2. The van der Waals surface area contributed by atoms with E-state index in [1.165, 1.54) is 122 Å². The predicted octanol–water partition coefficient (Wildman–Crippen LogP) is 19.7. The van der Waals surface area contributed by atoms with Crippen LogP contribution in [0.15, 0.2) is 97.2 Å². The summed E-state index contributed by atoms with van der Waals surface area (Å²) in [5, 5.41) is 0. The molecule has 0 saturated heterocycles. The van der Waals surface area contributed by atoms with Gasteiger partial charge in [0.2, 0.25) is 0 Å². The van der Waals surface area contributed by atoms with Crippen LogP contribution in [0.25, 0.3) is 0 Å². The summed E-state index contributed by atoms with van der Waals surface area (Å²) >= 11 is 0. The van der Waals surface area contributed by atoms with Gasteiger partial charge in [0.05, 0.1) is 0 Å². The molecule has 0 bridgehead atoms. The van der Waals surface area contributed by atoms with Crippen LogP contribution in [-0.4, -0.2) is 37.2 Å². The first-order valence-corrected chi connectivity index (χ1v) is 29.2. The average molecular weight is 974 g/mol. The van der Waals surface area contributed by atoms with Gasteiger partial charge in [0.15, 0.2) is 6.10 Å². The van der Waals surface area contributed by atoms with Crippen molar-refractivity contribution in [2.24, 2.45) is 0 Å². The van der Waals surface area contributed by atoms with E-state index in [2.05, 4.69) is 118 Å². The first kappa shape index (κ1) is 66.3. The molecule has 0 aliphatic rings. The van der Waals surface area contributed by atoms with Crippen molar-refractivity contribution in [1.29, 1.82) is 0 Å². The quantitative estimate of drug-likeness (QED) is 0.0262. The van der Waals surface area contributed by atoms with Crippen LogP contribution >= 0.6 is 0 Å². The highest BCUT2D eigenvalue weighted by Gasteiger charge is 2.19. The molecule has 0 aromatic carbocycles. The summed E-state index contributed by atoms with van der Waals surface area (Å²) in [6, 6.07) is 0. The lowest BCUT2D eigenvalue weighted by molar-refractivity contribution is -0.167. The van der Waals surface area contributed by atoms with Gasteiger partial charge in [-0.1, -0.05) is 234 Å². The molecule has 0 amide bonds. The fourth-order valence-electron chi connectivity index (χ4n) is 7.91. The number of hydrogen-bond acceptors (Lipinski definition) is 6. The summed E-state index contributed by atoms with van der Waals surface area (Å²) in [7, 11) is 0. The normalized spacial score (nSPS) is 12.8. The van der Waals surface area contributed by atoms with Gasteiger partial charge in [-0.15, -0.1) is 0 Å². The van der Waals surface area contributed by atoms with Crippen LogP contribution in [0.3, 0.4) is 0 Å². The molecule has 1 unspecified atom stereocenters. The molecule has 0 aliphatic heterocycles. The molecule has 0 fully saturated rings. The number of carbonyl (C=O) groups is 3. The van der Waals surface area contributed by atoms with Crippen LogP contribution < -0.4 is 0 Å². The number of rotatable bonds is 52. The van der Waals surface area contributed by atoms with Gasteiger partial charge < -0.3 is 14.2 Å². The third-order valence-electron chi connectivity index (χ3n) is 12.3. The Labute approximate surface area is 432 Å². The second-order valence-electron chi connectivity index (χ2n) is 19.2. The molecule has 6 nitrogen and oxygen atoms in total. The maximum Gasteiger partial charge on any atom is 0.306 e. The van der Waals surface area contributed by atoms with Crippen molar-refractivity contribution in [2.45, 2.75) is 277 Å². The van der Waals surface area contributed by atoms with E-state index in [0.717, 1.165) is 103 Å². The Bertz CT molecular complexity index is 1400. The maximum atomic E-state index is 12.8. The second-order valence-corrected chi connectivity index (χ2v) is 19.2. The average Bonchev–Trinajstić information content (AvgIpc) is 3.36. The van der Waals surface area contributed by atoms with E-state index in [0.29, 0.717) is 19.3 Å². The molecule has 0 spiro atoms. The minimum atomic E-state index is -0.815. The zero-order chi connectivity index (χ0) is 50.7. The molecule has 400 valence electrons. The van der Waals surface area contributed by atoms with Crippen molar-refractivity contribution < 1.29 is 28.6 Å². The van der Waals surface area contributed by atoms with Crippen molar-refractivity contribution in [2.75, 3.05) is 13.2 Å². The van der Waals surface area contributed by atoms with Crippen LogP contribution in [0, 0.1) is 0 Å². The number of allylic oxidation sites excluding steroid dienone is 16. The van der Waals surface area contributed by atoms with E-state index in [4.69, 9.17) is 14.2 Å². The maximum absolute atomic E-state index is 12.8. The van der Waals surface area contributed by atoms with Crippen molar-refractivity contribution >= 4 is 17.9 Å². The van der Waals surface area contributed by atoms with Crippen LogP contribution in [-0.2, 0) is 28.6 Å². The minimum Gasteiger partial charge on any atom is -0.462 e. The topological polar surface area (TPSA) is 78.9 Å². The molecule has 0 radical (unpaired) electrons. The summed E-state index contributed by atoms with van der Waals surface area (Å²) in [6.45, 7) is 6.46. The van der Waals surface area contributed by atoms with E-state index >= 15 is 0 Å². The Kier molecular flexibility index (Phi) is 54.9. The van der Waals surface area contributed by atoms with E-state index in [-0.39, 0.29) is 37.5 Å². The van der Waals surface area contributed by atoms with Gasteiger partial charge in [-0.2, -0.15) is 0 Å². The van der Waals surface area contributed by atoms with Crippen LogP contribution in [0.1, 0.15) is 271 Å². The zero-order valence-corrected chi connectivity index (χ0v) is 45.8. The standard InChI is InChI=1S/C64H108O6/c1-4-7-10-13-16-19-22-25-28-31-32-34-36-39-42-45-48-51-54-57-63(66)69-60-61(59-68-62(65)56-53-50-47-44-41-38-35-30-27-24-21-18-15-12-9-6-3)70-64(67)58-55-52-49-46-43-40-37-33-29-26-23-20-17-14-11-8-5-2/h8,11,17,20-21,24-26,28-30,35,37,40,46,49,61H,4-7,9-10,12-16,18-19,22-23,27,31-34,36,38-39,41-45,47-48,50-60H2,1-3H3/b11-8-,20-17-,24-21-,28-25-,29-26-,35-30-,40-37-,49-46-. The SMILES string of the molecule is CC/C=C\C/C=C\C/C=C\C/C=C\C/C=C\CCCC(=O)OC(COC(=O)CCCCCCC/C=C\C/C=C\CCCCCC)COC(=O)CCCCCCCCCCC/C=C\CCCCCCCC. The lowest BCUT2D eigenvalue weighted by Gasteiger charge is -2.18. The number of carbonyl (C=O) groups excluding carboxylic acids is 3. The number of unbranched alkanes of at least 4 members (excludes halogenated alkanes) is 25. The van der Waals surface area contributed by atoms with Gasteiger partial charge in [0.1, 0.15) is 13.2 Å². The summed E-state index contributed by atoms with van der Waals surface area (Å²) in [5.74, 6) is -0.977. The molecule has 0 heterocycles. The van der Waals surface area contributed by atoms with Gasteiger partial charge >= 0.3 is 17.9 Å². The highest BCUT2D eigenvalue weighted by atomic mass is 16.6. The molecule has 0 N–H and O–H groups in total. The van der Waals surface area contributed by atoms with E-state index in [1.807, 2.05) is 0 Å². The van der Waals surface area contributed by atoms with Gasteiger partial charge in [-0.05, 0) is 116 Å². The van der Waals surface area contributed by atoms with Crippen molar-refractivity contribution in [1.82, 2.24) is 0 Å². The minimum absolute atomic E-state index is 0.106. The Morgan fingerprint density at radius 1 is 0.300 bits per heavy atom. The molecule has 70 heavy (non-hydrogen) atoms. The first-order valence-electron chi connectivity index (χ1n) is 29.2. The van der Waals surface area contributed by atoms with E-state index in [1.54, 1.807) is 0 Å². The van der Waals surface area contributed by atoms with Crippen LogP contribution in [0.2, 0.25) is 0 Å². The molecular formula is C64H108O6. The Hall–Kier alpha value is -3.67. The van der Waals surface area contributed by atoms with Crippen LogP contribution in [0.5, 0.6) is 0 Å². The number of ether oxygens (including phenoxy) is 3. The predicted molar refractivity (Wildman–Crippen MR) is 302 cm³/mol. The van der Waals surface area contributed by atoms with Gasteiger partial charge in [0.25, 0.3) is 0 Å². The number of esters is 3. The Morgan fingerprint density at radius 3 is 0.943 bits per heavy atom. The second kappa shape index (κ2) is 57.9. The fraction of sp³-hybridized carbons (Fsp3) is 0.703. The Balaban J connectivity index is 4.48. The van der Waals surface area contributed by atoms with Crippen molar-refractivity contribution in [3.05, 3.63) is 97.2 Å². The smallest absolute Gasteiger partial charge is 0.306 e. The molecule has 0 aromatic rings. The first-order chi connectivity index (χ1) is 34.5. The molecule has 0 aromatic heterocycles. The lowest BCUT2D eigenvalue weighted by Crippen LogP contribution is -2.30. The molecule has 1 atom stereocenters. The lowest BCUT2D eigenvalue weighted by atomic mass is 10.1. The fourth-order valence-corrected chi connectivity index (χ4v) is 7.91. The highest BCUT2D eigenvalue weighted by Crippen LogP contribution is 2.14. The Morgan fingerprint density at radius 2 is 0.571 bits per heavy atom. The summed E-state index contributed by atoms with van der Waals surface area (Å²) in [6.07, 6.45) is 76.9. The van der Waals surface area contributed by atoms with Gasteiger partial charge in [-0.3, -0.25) is 14.4 Å². The van der Waals surface area contributed by atoms with Gasteiger partial charge in [0, 0.05) is 19.3 Å². The molecule has 6 heteroatoms. The third kappa shape index (κ3) is 55.3. The largest absolute Gasteiger partial charge is 0.462 e. The number of hydrogen-bond donors (Lipinski definition) is 0. The molecular weight excluding hydrogens is 865 g/mol. The third-order valence-corrected chi connectivity index (χ3v) is 12.3. The molecule has 0 rings (SSSR count). The molecule has 0 saturated carbocycles. The van der Waals surface area contributed by atoms with E-state index < -0.39 is 6.10 Å². The van der Waals surface area contributed by atoms with Gasteiger partial charge in [-0.25, -0.2) is 0 Å². The van der Waals surface area contributed by atoms with Crippen molar-refractivity contribution in [3.63, 3.8) is 0 Å².